The van der Waals surface area contributed by atoms with Gasteiger partial charge in [-0.2, -0.15) is 0 Å². The average molecular weight is 525 g/mol. The van der Waals surface area contributed by atoms with Crippen molar-refractivity contribution in [1.82, 2.24) is 16.0 Å². The molecule has 0 aromatic heterocycles. The molecule has 14 nitrogen and oxygen atoms in total. The average Bonchev–Trinajstić information content (AvgIpc) is 2.77. The fourth-order valence-electron chi connectivity index (χ4n) is 3.19. The van der Waals surface area contributed by atoms with Gasteiger partial charge in [-0.25, -0.2) is 9.59 Å². The number of carbonyl (C=O) groups is 4. The summed E-state index contributed by atoms with van der Waals surface area (Å²) >= 11 is 0. The molecule has 0 heterocycles. The van der Waals surface area contributed by atoms with Crippen molar-refractivity contribution in [2.75, 3.05) is 11.9 Å². The Morgan fingerprint density at radius 2 is 1.78 bits per heavy atom. The number of aliphatic hydroxyl groups is 1. The maximum absolute atomic E-state index is 13.1. The Hall–Kier alpha value is -3.94. The minimum absolute atomic E-state index is 0.0679. The van der Waals surface area contributed by atoms with E-state index in [-0.39, 0.29) is 42.2 Å². The van der Waals surface area contributed by atoms with Gasteiger partial charge in [-0.05, 0) is 51.7 Å². The first kappa shape index (κ1) is 31.1. The van der Waals surface area contributed by atoms with Crippen molar-refractivity contribution in [3.05, 3.63) is 33.9 Å². The van der Waals surface area contributed by atoms with Gasteiger partial charge in [-0.15, -0.1) is 0 Å². The number of ether oxygens (including phenoxy) is 1. The zero-order valence-corrected chi connectivity index (χ0v) is 21.6. The minimum Gasteiger partial charge on any atom is -0.444 e. The highest BCUT2D eigenvalue weighted by Gasteiger charge is 2.30. The number of amides is 5. The number of benzene rings is 1. The van der Waals surface area contributed by atoms with Crippen molar-refractivity contribution in [3.8, 4) is 0 Å². The van der Waals surface area contributed by atoms with Crippen LogP contribution in [0.4, 0.5) is 21.0 Å². The van der Waals surface area contributed by atoms with Crippen LogP contribution in [0.25, 0.3) is 0 Å². The Kier molecular flexibility index (Phi) is 11.7. The summed E-state index contributed by atoms with van der Waals surface area (Å²) in [5.41, 5.74) is 4.03. The number of primary amides is 1. The summed E-state index contributed by atoms with van der Waals surface area (Å²) in [5, 5.41) is 30.6. The Balaban J connectivity index is 3.08. The number of hydrogen-bond donors (Lipinski definition) is 6. The highest BCUT2D eigenvalue weighted by Crippen LogP contribution is 2.23. The zero-order chi connectivity index (χ0) is 28.3. The van der Waals surface area contributed by atoms with E-state index in [1.165, 1.54) is 12.1 Å². The molecule has 0 saturated heterocycles. The predicted molar refractivity (Wildman–Crippen MR) is 134 cm³/mol. The van der Waals surface area contributed by atoms with E-state index < -0.39 is 53.2 Å². The molecule has 1 aromatic carbocycles. The number of nitrogens with one attached hydrogen (secondary N) is 4. The van der Waals surface area contributed by atoms with Crippen LogP contribution in [0, 0.1) is 16.0 Å². The lowest BCUT2D eigenvalue weighted by atomic mass is 10.0. The normalized spacial score (nSPS) is 12.7. The van der Waals surface area contributed by atoms with Crippen LogP contribution in [0.1, 0.15) is 53.0 Å². The second-order valence-electron chi connectivity index (χ2n) is 9.61. The number of nitrogens with zero attached hydrogens (tertiary/aromatic N) is 1. The molecule has 0 unspecified atom stereocenters. The summed E-state index contributed by atoms with van der Waals surface area (Å²) in [6, 6.07) is 0.877. The van der Waals surface area contributed by atoms with Crippen LogP contribution in [0.3, 0.4) is 0 Å². The van der Waals surface area contributed by atoms with Crippen molar-refractivity contribution < 1.29 is 33.9 Å². The van der Waals surface area contributed by atoms with Crippen LogP contribution < -0.4 is 27.0 Å². The molecule has 0 aliphatic heterocycles. The molecule has 206 valence electrons. The Morgan fingerprint density at radius 1 is 1.14 bits per heavy atom. The van der Waals surface area contributed by atoms with Gasteiger partial charge in [-0.3, -0.25) is 19.7 Å². The molecule has 5 amide bonds. The van der Waals surface area contributed by atoms with E-state index in [0.29, 0.717) is 0 Å². The number of anilines is 1. The topological polar surface area (TPSA) is 215 Å². The van der Waals surface area contributed by atoms with Gasteiger partial charge in [0.25, 0.3) is 5.69 Å². The molecule has 0 saturated carbocycles. The van der Waals surface area contributed by atoms with Gasteiger partial charge in [0, 0.05) is 18.3 Å². The maximum Gasteiger partial charge on any atom is 0.408 e. The molecule has 7 N–H and O–H groups in total. The number of aliphatic hydroxyl groups excluding tert-OH is 1. The Labute approximate surface area is 214 Å². The second kappa shape index (κ2) is 14.0. The Morgan fingerprint density at radius 3 is 2.30 bits per heavy atom. The smallest absolute Gasteiger partial charge is 0.408 e. The molecule has 0 bridgehead atoms. The van der Waals surface area contributed by atoms with Crippen LogP contribution in [-0.2, 0) is 20.9 Å². The maximum atomic E-state index is 13.1. The molecule has 2 atom stereocenters. The number of alkyl carbamates (subject to hydrolysis) is 1. The number of rotatable bonds is 12. The summed E-state index contributed by atoms with van der Waals surface area (Å²) in [4.78, 5) is 59.9. The lowest BCUT2D eigenvalue weighted by molar-refractivity contribution is -0.385. The minimum atomic E-state index is -1.12. The van der Waals surface area contributed by atoms with Crippen LogP contribution in [0.15, 0.2) is 18.2 Å². The number of hydrogen-bond acceptors (Lipinski definition) is 8. The number of carbonyl (C=O) groups excluding carboxylic acids is 4. The van der Waals surface area contributed by atoms with Crippen molar-refractivity contribution in [3.63, 3.8) is 0 Å². The monoisotopic (exact) mass is 524 g/mol. The molecule has 14 heteroatoms. The SMILES string of the molecule is CC(C)[C@H](NC(=O)OC(C)(C)C)C(=O)N[C@@H](CCCNC(N)=O)C(=O)Nc1ccc(CO)c([N+](=O)[O-])c1. The molecule has 0 aliphatic rings. The summed E-state index contributed by atoms with van der Waals surface area (Å²) in [5.74, 6) is -1.69. The largest absolute Gasteiger partial charge is 0.444 e. The van der Waals surface area contributed by atoms with E-state index >= 15 is 0 Å². The van der Waals surface area contributed by atoms with Gasteiger partial charge in [-0.1, -0.05) is 13.8 Å². The fourth-order valence-corrected chi connectivity index (χ4v) is 3.19. The summed E-state index contributed by atoms with van der Waals surface area (Å²) < 4.78 is 5.22. The van der Waals surface area contributed by atoms with Crippen molar-refractivity contribution >= 4 is 35.3 Å². The number of nitro benzene ring substituents is 1. The molecular formula is C23H36N6O8. The van der Waals surface area contributed by atoms with Gasteiger partial charge >= 0.3 is 12.1 Å². The number of nitrogens with two attached hydrogens (primary N) is 1. The molecule has 0 fully saturated rings. The Bertz CT molecular complexity index is 992. The van der Waals surface area contributed by atoms with Gasteiger partial charge < -0.3 is 36.8 Å². The highest BCUT2D eigenvalue weighted by molar-refractivity contribution is 5.98. The summed E-state index contributed by atoms with van der Waals surface area (Å²) in [7, 11) is 0. The summed E-state index contributed by atoms with van der Waals surface area (Å²) in [6.07, 6.45) is -0.466. The molecule has 0 spiro atoms. The molecule has 0 aliphatic carbocycles. The number of urea groups is 1. The van der Waals surface area contributed by atoms with Gasteiger partial charge in [0.05, 0.1) is 17.1 Å². The van der Waals surface area contributed by atoms with E-state index in [4.69, 9.17) is 10.5 Å². The molecule has 1 rings (SSSR count). The second-order valence-corrected chi connectivity index (χ2v) is 9.61. The first-order chi connectivity index (χ1) is 17.1. The van der Waals surface area contributed by atoms with Gasteiger partial charge in [0.15, 0.2) is 0 Å². The van der Waals surface area contributed by atoms with Crippen LogP contribution in [0.5, 0.6) is 0 Å². The van der Waals surface area contributed by atoms with Crippen LogP contribution in [0.2, 0.25) is 0 Å². The van der Waals surface area contributed by atoms with Crippen molar-refractivity contribution in [1.29, 1.82) is 0 Å². The molecule has 1 aromatic rings. The standard InChI is InChI=1S/C23H36N6O8/c1-13(2)18(28-22(34)37-23(3,4)5)20(32)27-16(7-6-10-25-21(24)33)19(31)26-15-9-8-14(12-30)17(11-15)29(35)36/h8-9,11,13,16,18,30H,6-7,10,12H2,1-5H3,(H,26,31)(H,27,32)(H,28,34)(H3,24,25,33)/t16-,18-/m0/s1. The first-order valence-corrected chi connectivity index (χ1v) is 11.7. The van der Waals surface area contributed by atoms with E-state index in [0.717, 1.165) is 6.07 Å². The fraction of sp³-hybridized carbons (Fsp3) is 0.565. The van der Waals surface area contributed by atoms with Crippen molar-refractivity contribution in [2.45, 2.75) is 71.8 Å². The molecule has 0 radical (unpaired) electrons. The highest BCUT2D eigenvalue weighted by atomic mass is 16.6. The third kappa shape index (κ3) is 11.1. The van der Waals surface area contributed by atoms with E-state index in [9.17, 15) is 34.4 Å². The quantitative estimate of drug-likeness (QED) is 0.133. The first-order valence-electron chi connectivity index (χ1n) is 11.7. The lowest BCUT2D eigenvalue weighted by Gasteiger charge is -2.27. The van der Waals surface area contributed by atoms with Crippen LogP contribution in [-0.4, -0.2) is 58.2 Å². The van der Waals surface area contributed by atoms with E-state index in [1.807, 2.05) is 0 Å². The molecule has 37 heavy (non-hydrogen) atoms. The third-order valence-electron chi connectivity index (χ3n) is 4.94. The molecular weight excluding hydrogens is 488 g/mol. The summed E-state index contributed by atoms with van der Waals surface area (Å²) in [6.45, 7) is 8.01. The van der Waals surface area contributed by atoms with Crippen LogP contribution >= 0.6 is 0 Å². The third-order valence-corrected chi connectivity index (χ3v) is 4.94. The van der Waals surface area contributed by atoms with Gasteiger partial charge in [0.2, 0.25) is 11.8 Å². The van der Waals surface area contributed by atoms with E-state index in [1.54, 1.807) is 34.6 Å². The lowest BCUT2D eigenvalue weighted by Crippen LogP contribution is -2.55. The zero-order valence-electron chi connectivity index (χ0n) is 21.6. The van der Waals surface area contributed by atoms with E-state index in [2.05, 4.69) is 21.3 Å². The predicted octanol–water partition coefficient (Wildman–Crippen LogP) is 1.51. The van der Waals surface area contributed by atoms with Gasteiger partial charge in [0.1, 0.15) is 17.7 Å². The van der Waals surface area contributed by atoms with Crippen molar-refractivity contribution in [2.24, 2.45) is 11.7 Å². The number of nitro groups is 1.